The van der Waals surface area contributed by atoms with Gasteiger partial charge in [-0.2, -0.15) is 0 Å². The van der Waals surface area contributed by atoms with Gasteiger partial charge in [-0.1, -0.05) is 40.0 Å². The van der Waals surface area contributed by atoms with Gasteiger partial charge in [-0.15, -0.1) is 0 Å². The Kier molecular flexibility index (Phi) is 7.14. The zero-order chi connectivity index (χ0) is 12.7. The third kappa shape index (κ3) is 5.39. The fourth-order valence-corrected chi connectivity index (χ4v) is 3.16. The molecule has 1 aliphatic carbocycles. The van der Waals surface area contributed by atoms with Crippen LogP contribution in [-0.2, 0) is 0 Å². The van der Waals surface area contributed by atoms with Crippen molar-refractivity contribution in [3.8, 4) is 0 Å². The first-order chi connectivity index (χ1) is 8.15. The smallest absolute Gasteiger partial charge is 0.0462 e. The van der Waals surface area contributed by atoms with Crippen LogP contribution in [0.25, 0.3) is 0 Å². The second-order valence-electron chi connectivity index (χ2n) is 6.25. The third-order valence-electron chi connectivity index (χ3n) is 4.26. The van der Waals surface area contributed by atoms with Crippen molar-refractivity contribution in [1.29, 1.82) is 0 Å². The maximum atomic E-state index is 9.58. The van der Waals surface area contributed by atoms with E-state index in [0.29, 0.717) is 12.5 Å². The number of nitrogens with one attached hydrogen (secondary N) is 1. The lowest BCUT2D eigenvalue weighted by molar-refractivity contribution is 0.103. The molecule has 1 aliphatic rings. The van der Waals surface area contributed by atoms with Crippen LogP contribution >= 0.6 is 0 Å². The second-order valence-corrected chi connectivity index (χ2v) is 6.25. The van der Waals surface area contributed by atoms with Crippen LogP contribution in [0.5, 0.6) is 0 Å². The summed E-state index contributed by atoms with van der Waals surface area (Å²) >= 11 is 0. The normalized spacial score (nSPS) is 27.4. The predicted molar refractivity (Wildman–Crippen MR) is 74.0 cm³/mol. The monoisotopic (exact) mass is 241 g/mol. The fraction of sp³-hybridized carbons (Fsp3) is 1.00. The zero-order valence-electron chi connectivity index (χ0n) is 11.9. The Morgan fingerprint density at radius 1 is 1.24 bits per heavy atom. The van der Waals surface area contributed by atoms with Crippen molar-refractivity contribution in [1.82, 2.24) is 5.32 Å². The minimum Gasteiger partial charge on any atom is -0.396 e. The molecule has 0 spiro atoms. The summed E-state index contributed by atoms with van der Waals surface area (Å²) in [4.78, 5) is 0. The number of hydrogen-bond acceptors (Lipinski definition) is 2. The van der Waals surface area contributed by atoms with E-state index in [1.54, 1.807) is 0 Å². The van der Waals surface area contributed by atoms with Gasteiger partial charge in [0.05, 0.1) is 0 Å². The molecule has 2 nitrogen and oxygen atoms in total. The lowest BCUT2D eigenvalue weighted by atomic mass is 9.72. The van der Waals surface area contributed by atoms with Crippen molar-refractivity contribution in [2.75, 3.05) is 19.7 Å². The van der Waals surface area contributed by atoms with Crippen molar-refractivity contribution in [2.24, 2.45) is 23.7 Å². The van der Waals surface area contributed by atoms with Gasteiger partial charge in [-0.05, 0) is 49.6 Å². The molecule has 0 aromatic rings. The summed E-state index contributed by atoms with van der Waals surface area (Å²) < 4.78 is 0. The lowest BCUT2D eigenvalue weighted by Gasteiger charge is -2.34. The molecule has 0 saturated heterocycles. The molecule has 3 unspecified atom stereocenters. The van der Waals surface area contributed by atoms with Gasteiger partial charge in [0.2, 0.25) is 0 Å². The molecule has 2 N–H and O–H groups in total. The van der Waals surface area contributed by atoms with Crippen molar-refractivity contribution >= 4 is 0 Å². The Labute approximate surface area is 107 Å². The summed E-state index contributed by atoms with van der Waals surface area (Å²) in [6.07, 6.45) is 6.59. The number of aliphatic hydroxyl groups is 1. The van der Waals surface area contributed by atoms with Crippen LogP contribution in [0, 0.1) is 23.7 Å². The fourth-order valence-electron chi connectivity index (χ4n) is 3.16. The van der Waals surface area contributed by atoms with Gasteiger partial charge in [0.15, 0.2) is 0 Å². The first-order valence-electron chi connectivity index (χ1n) is 7.46. The highest BCUT2D eigenvalue weighted by Crippen LogP contribution is 2.35. The van der Waals surface area contributed by atoms with Crippen LogP contribution < -0.4 is 5.32 Å². The van der Waals surface area contributed by atoms with Crippen LogP contribution in [0.4, 0.5) is 0 Å². The minimum absolute atomic E-state index is 0.373. The van der Waals surface area contributed by atoms with Crippen molar-refractivity contribution in [3.05, 3.63) is 0 Å². The second kappa shape index (κ2) is 8.10. The van der Waals surface area contributed by atoms with Gasteiger partial charge >= 0.3 is 0 Å². The van der Waals surface area contributed by atoms with Gasteiger partial charge in [0.1, 0.15) is 0 Å². The Bertz CT molecular complexity index is 193. The Morgan fingerprint density at radius 3 is 2.53 bits per heavy atom. The molecule has 0 amide bonds. The van der Waals surface area contributed by atoms with Crippen LogP contribution in [0.15, 0.2) is 0 Å². The van der Waals surface area contributed by atoms with E-state index in [1.807, 2.05) is 0 Å². The first kappa shape index (κ1) is 15.0. The molecule has 1 saturated carbocycles. The number of aliphatic hydroxyl groups excluding tert-OH is 1. The van der Waals surface area contributed by atoms with Crippen molar-refractivity contribution in [2.45, 2.75) is 52.9 Å². The lowest BCUT2D eigenvalue weighted by Crippen LogP contribution is -2.31. The molecule has 1 rings (SSSR count). The van der Waals surface area contributed by atoms with E-state index >= 15 is 0 Å². The van der Waals surface area contributed by atoms with Crippen molar-refractivity contribution in [3.63, 3.8) is 0 Å². The molecular weight excluding hydrogens is 210 g/mol. The quantitative estimate of drug-likeness (QED) is 0.671. The number of hydrogen-bond donors (Lipinski definition) is 2. The molecule has 0 bridgehead atoms. The molecule has 3 atom stereocenters. The van der Waals surface area contributed by atoms with E-state index in [0.717, 1.165) is 37.3 Å². The largest absolute Gasteiger partial charge is 0.396 e. The number of rotatable bonds is 7. The van der Waals surface area contributed by atoms with Gasteiger partial charge < -0.3 is 10.4 Å². The van der Waals surface area contributed by atoms with E-state index in [-0.39, 0.29) is 0 Å². The Morgan fingerprint density at radius 2 is 1.94 bits per heavy atom. The average molecular weight is 241 g/mol. The molecule has 0 radical (unpaired) electrons. The summed E-state index contributed by atoms with van der Waals surface area (Å²) in [5, 5.41) is 13.1. The highest BCUT2D eigenvalue weighted by molar-refractivity contribution is 4.79. The molecule has 0 aromatic heterocycles. The zero-order valence-corrected chi connectivity index (χ0v) is 11.9. The Balaban J connectivity index is 2.26. The maximum Gasteiger partial charge on any atom is 0.0462 e. The van der Waals surface area contributed by atoms with Gasteiger partial charge in [-0.3, -0.25) is 0 Å². The minimum atomic E-state index is 0.373. The van der Waals surface area contributed by atoms with Crippen LogP contribution in [0.3, 0.4) is 0 Å². The van der Waals surface area contributed by atoms with Gasteiger partial charge in [0, 0.05) is 6.61 Å². The predicted octanol–water partition coefficient (Wildman–Crippen LogP) is 3.06. The van der Waals surface area contributed by atoms with Crippen LogP contribution in [0.2, 0.25) is 0 Å². The SMILES string of the molecule is CC(C)CNCCC(CO)C1CCCCC1C. The molecule has 17 heavy (non-hydrogen) atoms. The molecular formula is C15H31NO. The summed E-state index contributed by atoms with van der Waals surface area (Å²) in [6.45, 7) is 9.37. The van der Waals surface area contributed by atoms with E-state index in [2.05, 4.69) is 26.1 Å². The van der Waals surface area contributed by atoms with Crippen LogP contribution in [-0.4, -0.2) is 24.8 Å². The van der Waals surface area contributed by atoms with E-state index in [9.17, 15) is 5.11 Å². The summed E-state index contributed by atoms with van der Waals surface area (Å²) in [5.41, 5.74) is 0. The van der Waals surface area contributed by atoms with E-state index in [1.165, 1.54) is 25.7 Å². The van der Waals surface area contributed by atoms with E-state index in [4.69, 9.17) is 0 Å². The summed E-state index contributed by atoms with van der Waals surface area (Å²) in [7, 11) is 0. The highest BCUT2D eigenvalue weighted by atomic mass is 16.3. The maximum absolute atomic E-state index is 9.58. The molecule has 1 fully saturated rings. The topological polar surface area (TPSA) is 32.3 Å². The highest BCUT2D eigenvalue weighted by Gasteiger charge is 2.28. The third-order valence-corrected chi connectivity index (χ3v) is 4.26. The summed E-state index contributed by atoms with van der Waals surface area (Å²) in [6, 6.07) is 0. The molecule has 2 heteroatoms. The van der Waals surface area contributed by atoms with Gasteiger partial charge in [-0.25, -0.2) is 0 Å². The molecule has 0 heterocycles. The average Bonchev–Trinajstić information content (AvgIpc) is 2.30. The van der Waals surface area contributed by atoms with Crippen molar-refractivity contribution < 1.29 is 5.11 Å². The first-order valence-corrected chi connectivity index (χ1v) is 7.46. The molecule has 0 aromatic carbocycles. The van der Waals surface area contributed by atoms with E-state index < -0.39 is 0 Å². The molecule has 0 aliphatic heterocycles. The summed E-state index contributed by atoms with van der Waals surface area (Å²) in [5.74, 6) is 2.81. The standard InChI is InChI=1S/C15H31NO/c1-12(2)10-16-9-8-14(11-17)15-7-5-4-6-13(15)3/h12-17H,4-11H2,1-3H3. The molecule has 102 valence electrons. The van der Waals surface area contributed by atoms with Gasteiger partial charge in [0.25, 0.3) is 0 Å². The van der Waals surface area contributed by atoms with Crippen LogP contribution in [0.1, 0.15) is 52.9 Å². The Hall–Kier alpha value is -0.0800.